The molecule has 1 atom stereocenters. The molecule has 1 heterocycles. The van der Waals surface area contributed by atoms with Crippen molar-refractivity contribution in [2.75, 3.05) is 26.1 Å². The first-order valence-electron chi connectivity index (χ1n) is 6.83. The number of hydrogen-bond donors (Lipinski definition) is 3. The van der Waals surface area contributed by atoms with Crippen LogP contribution in [0.5, 0.6) is 0 Å². The summed E-state index contributed by atoms with van der Waals surface area (Å²) in [5.74, 6) is 5.89. The van der Waals surface area contributed by atoms with Crippen LogP contribution in [0.15, 0.2) is 30.5 Å². The minimum Gasteiger partial charge on any atom is -0.350 e. The van der Waals surface area contributed by atoms with E-state index in [1.165, 1.54) is 0 Å². The molecule has 1 aromatic carbocycles. The Labute approximate surface area is 124 Å². The maximum absolute atomic E-state index is 12.4. The van der Waals surface area contributed by atoms with Gasteiger partial charge in [0.2, 0.25) is 0 Å². The van der Waals surface area contributed by atoms with Crippen molar-refractivity contribution in [1.29, 1.82) is 0 Å². The lowest BCUT2D eigenvalue weighted by Crippen LogP contribution is -2.38. The summed E-state index contributed by atoms with van der Waals surface area (Å²) in [6.07, 6.45) is 1.55. The summed E-state index contributed by atoms with van der Waals surface area (Å²) >= 11 is 0. The zero-order valence-electron chi connectivity index (χ0n) is 12.6. The summed E-state index contributed by atoms with van der Waals surface area (Å²) in [4.78, 5) is 18.6. The third-order valence-corrected chi connectivity index (χ3v) is 3.62. The Morgan fingerprint density at radius 2 is 2.00 bits per heavy atom. The quantitative estimate of drug-likeness (QED) is 0.568. The molecule has 21 heavy (non-hydrogen) atoms. The minimum absolute atomic E-state index is 0.129. The van der Waals surface area contributed by atoms with Crippen LogP contribution < -0.4 is 16.6 Å². The lowest BCUT2D eigenvalue weighted by Gasteiger charge is -2.20. The standard InChI is InChI=1S/C15H21N5O/c1-10(20(2)3)8-18-15(21)13-9-17-14(19-16)12-7-5-4-6-11(12)13/h4-7,9-10H,8,16H2,1-3H3,(H,17,19)(H,18,21). The summed E-state index contributed by atoms with van der Waals surface area (Å²) < 4.78 is 0. The number of carbonyl (C=O) groups is 1. The van der Waals surface area contributed by atoms with Crippen LogP contribution in [0, 0.1) is 0 Å². The maximum atomic E-state index is 12.4. The molecule has 6 nitrogen and oxygen atoms in total. The highest BCUT2D eigenvalue weighted by molar-refractivity contribution is 6.09. The first-order chi connectivity index (χ1) is 10.0. The Morgan fingerprint density at radius 3 is 2.62 bits per heavy atom. The molecule has 112 valence electrons. The highest BCUT2D eigenvalue weighted by Gasteiger charge is 2.14. The molecule has 0 bridgehead atoms. The average molecular weight is 287 g/mol. The van der Waals surface area contributed by atoms with Crippen molar-refractivity contribution in [2.45, 2.75) is 13.0 Å². The van der Waals surface area contributed by atoms with Gasteiger partial charge in [0.15, 0.2) is 0 Å². The van der Waals surface area contributed by atoms with E-state index in [1.807, 2.05) is 38.4 Å². The lowest BCUT2D eigenvalue weighted by molar-refractivity contribution is 0.0945. The van der Waals surface area contributed by atoms with Crippen molar-refractivity contribution in [3.63, 3.8) is 0 Å². The minimum atomic E-state index is -0.129. The Morgan fingerprint density at radius 1 is 1.33 bits per heavy atom. The number of nitrogens with zero attached hydrogens (tertiary/aromatic N) is 2. The number of aromatic nitrogens is 1. The number of hydrazine groups is 1. The van der Waals surface area contributed by atoms with Crippen molar-refractivity contribution in [3.8, 4) is 0 Å². The van der Waals surface area contributed by atoms with E-state index in [1.54, 1.807) is 6.20 Å². The fourth-order valence-corrected chi connectivity index (χ4v) is 2.01. The number of nitrogens with one attached hydrogen (secondary N) is 2. The second kappa shape index (κ2) is 6.51. The van der Waals surface area contributed by atoms with E-state index in [4.69, 9.17) is 5.84 Å². The molecular formula is C15H21N5O. The highest BCUT2D eigenvalue weighted by atomic mass is 16.1. The molecule has 0 saturated heterocycles. The summed E-state index contributed by atoms with van der Waals surface area (Å²) in [5, 5.41) is 4.59. The zero-order chi connectivity index (χ0) is 15.4. The number of anilines is 1. The van der Waals surface area contributed by atoms with Crippen LogP contribution in [0.4, 0.5) is 5.82 Å². The van der Waals surface area contributed by atoms with Gasteiger partial charge in [0.05, 0.1) is 5.56 Å². The fourth-order valence-electron chi connectivity index (χ4n) is 2.01. The van der Waals surface area contributed by atoms with Gasteiger partial charge in [-0.1, -0.05) is 24.3 Å². The van der Waals surface area contributed by atoms with Gasteiger partial charge < -0.3 is 15.6 Å². The SMILES string of the molecule is CC(CNC(=O)c1cnc(NN)c2ccccc12)N(C)C. The number of benzene rings is 1. The molecule has 0 spiro atoms. The topological polar surface area (TPSA) is 83.3 Å². The monoisotopic (exact) mass is 287 g/mol. The number of likely N-dealkylation sites (N-methyl/N-ethyl adjacent to an activating group) is 1. The van der Waals surface area contributed by atoms with Gasteiger partial charge in [0.25, 0.3) is 5.91 Å². The van der Waals surface area contributed by atoms with E-state index < -0.39 is 0 Å². The fraction of sp³-hybridized carbons (Fsp3) is 0.333. The second-order valence-electron chi connectivity index (χ2n) is 5.23. The van der Waals surface area contributed by atoms with E-state index in [2.05, 4.69) is 27.6 Å². The van der Waals surface area contributed by atoms with Crippen molar-refractivity contribution in [1.82, 2.24) is 15.2 Å². The van der Waals surface area contributed by atoms with E-state index >= 15 is 0 Å². The van der Waals surface area contributed by atoms with Crippen LogP contribution in [0.3, 0.4) is 0 Å². The van der Waals surface area contributed by atoms with Crippen LogP contribution in [0.1, 0.15) is 17.3 Å². The van der Waals surface area contributed by atoms with Crippen LogP contribution in [-0.4, -0.2) is 42.5 Å². The van der Waals surface area contributed by atoms with Gasteiger partial charge in [0, 0.05) is 24.2 Å². The Balaban J connectivity index is 2.28. The molecule has 0 aliphatic carbocycles. The molecule has 0 aliphatic heterocycles. The second-order valence-corrected chi connectivity index (χ2v) is 5.23. The number of nitrogen functional groups attached to an aromatic ring is 1. The number of nitrogens with two attached hydrogens (primary N) is 1. The largest absolute Gasteiger partial charge is 0.350 e. The van der Waals surface area contributed by atoms with E-state index in [0.717, 1.165) is 10.8 Å². The van der Waals surface area contributed by atoms with Crippen molar-refractivity contribution in [2.24, 2.45) is 5.84 Å². The summed E-state index contributed by atoms with van der Waals surface area (Å²) in [6.45, 7) is 2.63. The molecular weight excluding hydrogens is 266 g/mol. The summed E-state index contributed by atoms with van der Waals surface area (Å²) in [5.41, 5.74) is 3.10. The van der Waals surface area contributed by atoms with Gasteiger partial charge in [-0.25, -0.2) is 10.8 Å². The lowest BCUT2D eigenvalue weighted by atomic mass is 10.1. The van der Waals surface area contributed by atoms with Crippen LogP contribution in [-0.2, 0) is 0 Å². The Bertz CT molecular complexity index is 641. The highest BCUT2D eigenvalue weighted by Crippen LogP contribution is 2.23. The van der Waals surface area contributed by atoms with Crippen molar-refractivity contribution >= 4 is 22.5 Å². The summed E-state index contributed by atoms with van der Waals surface area (Å²) in [7, 11) is 3.96. The number of fused-ring (bicyclic) bond motifs is 1. The summed E-state index contributed by atoms with van der Waals surface area (Å²) in [6, 6.07) is 7.82. The molecule has 2 rings (SSSR count). The Hall–Kier alpha value is -2.18. The molecule has 6 heteroatoms. The molecule has 1 aromatic heterocycles. The number of carbonyl (C=O) groups excluding carboxylic acids is 1. The molecule has 2 aromatic rings. The van der Waals surface area contributed by atoms with Crippen molar-refractivity contribution in [3.05, 3.63) is 36.0 Å². The third kappa shape index (κ3) is 3.29. The van der Waals surface area contributed by atoms with E-state index in [-0.39, 0.29) is 11.9 Å². The maximum Gasteiger partial charge on any atom is 0.253 e. The Kier molecular flexibility index (Phi) is 4.72. The van der Waals surface area contributed by atoms with Crippen LogP contribution >= 0.6 is 0 Å². The number of pyridine rings is 1. The van der Waals surface area contributed by atoms with Gasteiger partial charge in [-0.15, -0.1) is 0 Å². The average Bonchev–Trinajstić information content (AvgIpc) is 2.50. The van der Waals surface area contributed by atoms with Crippen LogP contribution in [0.2, 0.25) is 0 Å². The van der Waals surface area contributed by atoms with Gasteiger partial charge >= 0.3 is 0 Å². The first kappa shape index (κ1) is 15.2. The number of hydrogen-bond acceptors (Lipinski definition) is 5. The normalized spacial score (nSPS) is 12.4. The van der Waals surface area contributed by atoms with E-state index in [0.29, 0.717) is 17.9 Å². The van der Waals surface area contributed by atoms with Crippen molar-refractivity contribution < 1.29 is 4.79 Å². The zero-order valence-corrected chi connectivity index (χ0v) is 12.6. The van der Waals surface area contributed by atoms with Gasteiger partial charge in [-0.3, -0.25) is 4.79 Å². The molecule has 1 unspecified atom stereocenters. The van der Waals surface area contributed by atoms with Gasteiger partial charge in [0.1, 0.15) is 5.82 Å². The molecule has 0 saturated carbocycles. The molecule has 0 aliphatic rings. The molecule has 1 amide bonds. The molecule has 0 fully saturated rings. The molecule has 0 radical (unpaired) electrons. The third-order valence-electron chi connectivity index (χ3n) is 3.62. The number of amides is 1. The predicted molar refractivity (Wildman–Crippen MR) is 85.0 cm³/mol. The van der Waals surface area contributed by atoms with Gasteiger partial charge in [-0.05, 0) is 26.4 Å². The molecule has 4 N–H and O–H groups in total. The number of rotatable bonds is 5. The smallest absolute Gasteiger partial charge is 0.253 e. The predicted octanol–water partition coefficient (Wildman–Crippen LogP) is 1.20. The first-order valence-corrected chi connectivity index (χ1v) is 6.83. The van der Waals surface area contributed by atoms with E-state index in [9.17, 15) is 4.79 Å². The van der Waals surface area contributed by atoms with Gasteiger partial charge in [-0.2, -0.15) is 0 Å². The van der Waals surface area contributed by atoms with Crippen LogP contribution in [0.25, 0.3) is 10.8 Å².